The fourth-order valence-electron chi connectivity index (χ4n) is 1.69. The minimum Gasteiger partial charge on any atom is -0.352 e. The zero-order valence-electron chi connectivity index (χ0n) is 11.6. The summed E-state index contributed by atoms with van der Waals surface area (Å²) < 4.78 is 0. The van der Waals surface area contributed by atoms with Gasteiger partial charge in [0.25, 0.3) is 0 Å². The van der Waals surface area contributed by atoms with Crippen LogP contribution in [0, 0.1) is 0 Å². The lowest BCUT2D eigenvalue weighted by molar-refractivity contribution is -0.121. The molecule has 0 heterocycles. The Kier molecular flexibility index (Phi) is 6.44. The highest BCUT2D eigenvalue weighted by Crippen LogP contribution is 2.14. The van der Waals surface area contributed by atoms with Crippen LogP contribution in [0.2, 0.25) is 0 Å². The van der Waals surface area contributed by atoms with Crippen LogP contribution in [0.5, 0.6) is 0 Å². The number of benzene rings is 1. The van der Waals surface area contributed by atoms with Gasteiger partial charge in [0.2, 0.25) is 5.91 Å². The zero-order valence-corrected chi connectivity index (χ0v) is 11.6. The average Bonchev–Trinajstić information content (AvgIpc) is 2.37. The van der Waals surface area contributed by atoms with Crippen molar-refractivity contribution in [2.75, 3.05) is 13.1 Å². The van der Waals surface area contributed by atoms with Gasteiger partial charge < -0.3 is 10.6 Å². The largest absolute Gasteiger partial charge is 0.352 e. The molecule has 0 aromatic heterocycles. The molecule has 3 nitrogen and oxygen atoms in total. The van der Waals surface area contributed by atoms with Crippen molar-refractivity contribution in [1.29, 1.82) is 0 Å². The van der Waals surface area contributed by atoms with Gasteiger partial charge in [-0.3, -0.25) is 4.79 Å². The number of hydrogen-bond donors (Lipinski definition) is 2. The lowest BCUT2D eigenvalue weighted by Crippen LogP contribution is -2.27. The van der Waals surface area contributed by atoms with E-state index in [-0.39, 0.29) is 5.91 Å². The highest BCUT2D eigenvalue weighted by molar-refractivity contribution is 5.76. The Morgan fingerprint density at radius 2 is 1.89 bits per heavy atom. The van der Waals surface area contributed by atoms with Crippen LogP contribution in [0.3, 0.4) is 0 Å². The van der Waals surface area contributed by atoms with E-state index in [1.54, 1.807) is 0 Å². The van der Waals surface area contributed by atoms with E-state index in [9.17, 15) is 4.79 Å². The Hall–Kier alpha value is -1.35. The Labute approximate surface area is 110 Å². The first-order valence-corrected chi connectivity index (χ1v) is 6.69. The smallest absolute Gasteiger partial charge is 0.221 e. The molecule has 2 N–H and O–H groups in total. The van der Waals surface area contributed by atoms with Gasteiger partial charge in [-0.05, 0) is 23.6 Å². The second-order valence-electron chi connectivity index (χ2n) is 4.78. The van der Waals surface area contributed by atoms with E-state index >= 15 is 0 Å². The Balaban J connectivity index is 2.32. The maximum Gasteiger partial charge on any atom is 0.221 e. The predicted molar refractivity (Wildman–Crippen MR) is 75.5 cm³/mol. The van der Waals surface area contributed by atoms with Crippen molar-refractivity contribution >= 4 is 5.91 Å². The normalized spacial score (nSPS) is 10.7. The molecule has 100 valence electrons. The third-order valence-electron chi connectivity index (χ3n) is 2.91. The quantitative estimate of drug-likeness (QED) is 0.728. The van der Waals surface area contributed by atoms with Crippen molar-refractivity contribution in [3.05, 3.63) is 35.4 Å². The molecule has 3 heteroatoms. The molecule has 0 aliphatic rings. The minimum absolute atomic E-state index is 0.101. The molecule has 1 aromatic rings. The fraction of sp³-hybridized carbons (Fsp3) is 0.533. The number of rotatable bonds is 7. The van der Waals surface area contributed by atoms with Crippen molar-refractivity contribution in [3.8, 4) is 0 Å². The maximum atomic E-state index is 11.5. The van der Waals surface area contributed by atoms with Crippen molar-refractivity contribution in [2.24, 2.45) is 0 Å². The van der Waals surface area contributed by atoms with E-state index in [1.165, 1.54) is 5.56 Å². The molecule has 0 aliphatic carbocycles. The molecule has 0 fully saturated rings. The van der Waals surface area contributed by atoms with E-state index in [1.807, 2.05) is 6.92 Å². The van der Waals surface area contributed by atoms with Gasteiger partial charge in [0.15, 0.2) is 0 Å². The van der Waals surface area contributed by atoms with E-state index < -0.39 is 0 Å². The highest BCUT2D eigenvalue weighted by Gasteiger charge is 2.02. The maximum absolute atomic E-state index is 11.5. The summed E-state index contributed by atoms with van der Waals surface area (Å²) in [5, 5.41) is 6.06. The summed E-state index contributed by atoms with van der Waals surface area (Å²) in [7, 11) is 0. The molecule has 1 aromatic carbocycles. The van der Waals surface area contributed by atoms with Gasteiger partial charge in [-0.15, -0.1) is 0 Å². The lowest BCUT2D eigenvalue weighted by Gasteiger charge is -2.08. The third-order valence-corrected chi connectivity index (χ3v) is 2.91. The Bertz CT molecular complexity index is 357. The van der Waals surface area contributed by atoms with Crippen LogP contribution >= 0.6 is 0 Å². The number of carbonyl (C=O) groups is 1. The van der Waals surface area contributed by atoms with Crippen LogP contribution in [0.4, 0.5) is 0 Å². The van der Waals surface area contributed by atoms with Crippen LogP contribution in [0.25, 0.3) is 0 Å². The molecular weight excluding hydrogens is 224 g/mol. The standard InChI is InChI=1S/C15H24N2O/c1-4-16-10-9-15(18)17-11-13-5-7-14(8-6-13)12(2)3/h5-8,12,16H,4,9-11H2,1-3H3,(H,17,18). The first-order valence-electron chi connectivity index (χ1n) is 6.69. The molecule has 0 atom stereocenters. The number of amides is 1. The molecule has 0 unspecified atom stereocenters. The van der Waals surface area contributed by atoms with E-state index in [0.29, 0.717) is 18.9 Å². The Morgan fingerprint density at radius 3 is 2.44 bits per heavy atom. The number of hydrogen-bond acceptors (Lipinski definition) is 2. The summed E-state index contributed by atoms with van der Waals surface area (Å²) >= 11 is 0. The summed E-state index contributed by atoms with van der Waals surface area (Å²) in [6.45, 7) is 8.66. The van der Waals surface area contributed by atoms with Gasteiger partial charge in [0.05, 0.1) is 0 Å². The van der Waals surface area contributed by atoms with Crippen molar-refractivity contribution in [3.63, 3.8) is 0 Å². The monoisotopic (exact) mass is 248 g/mol. The number of carbonyl (C=O) groups excluding carboxylic acids is 1. The summed E-state index contributed by atoms with van der Waals surface area (Å²) in [5.74, 6) is 0.651. The third kappa shape index (κ3) is 5.32. The SMILES string of the molecule is CCNCCC(=O)NCc1ccc(C(C)C)cc1. The summed E-state index contributed by atoms with van der Waals surface area (Å²) in [6, 6.07) is 8.43. The molecule has 0 spiro atoms. The summed E-state index contributed by atoms with van der Waals surface area (Å²) in [5.41, 5.74) is 2.48. The van der Waals surface area contributed by atoms with E-state index in [0.717, 1.165) is 18.7 Å². The molecule has 1 amide bonds. The van der Waals surface area contributed by atoms with Gasteiger partial charge in [0.1, 0.15) is 0 Å². The van der Waals surface area contributed by atoms with Crippen molar-refractivity contribution in [1.82, 2.24) is 10.6 Å². The number of nitrogens with one attached hydrogen (secondary N) is 2. The molecule has 0 aliphatic heterocycles. The second-order valence-corrected chi connectivity index (χ2v) is 4.78. The van der Waals surface area contributed by atoms with Crippen molar-refractivity contribution < 1.29 is 4.79 Å². The molecule has 18 heavy (non-hydrogen) atoms. The van der Waals surface area contributed by atoms with Gasteiger partial charge in [-0.1, -0.05) is 45.0 Å². The van der Waals surface area contributed by atoms with Crippen LogP contribution in [0.1, 0.15) is 44.2 Å². The van der Waals surface area contributed by atoms with Crippen LogP contribution in [-0.4, -0.2) is 19.0 Å². The average molecular weight is 248 g/mol. The Morgan fingerprint density at radius 1 is 1.22 bits per heavy atom. The van der Waals surface area contributed by atoms with Crippen LogP contribution in [0.15, 0.2) is 24.3 Å². The lowest BCUT2D eigenvalue weighted by atomic mass is 10.0. The van der Waals surface area contributed by atoms with Crippen LogP contribution in [-0.2, 0) is 11.3 Å². The van der Waals surface area contributed by atoms with E-state index in [4.69, 9.17) is 0 Å². The topological polar surface area (TPSA) is 41.1 Å². The highest BCUT2D eigenvalue weighted by atomic mass is 16.1. The minimum atomic E-state index is 0.101. The van der Waals surface area contributed by atoms with E-state index in [2.05, 4.69) is 48.7 Å². The first-order chi connectivity index (χ1) is 8.63. The predicted octanol–water partition coefficient (Wildman–Crippen LogP) is 2.43. The summed E-state index contributed by atoms with van der Waals surface area (Å²) in [4.78, 5) is 11.5. The van der Waals surface area contributed by atoms with Crippen molar-refractivity contribution in [2.45, 2.75) is 39.7 Å². The molecule has 0 saturated heterocycles. The first kappa shape index (κ1) is 14.7. The molecule has 0 radical (unpaired) electrons. The van der Waals surface area contributed by atoms with Gasteiger partial charge >= 0.3 is 0 Å². The van der Waals surface area contributed by atoms with Gasteiger partial charge in [0, 0.05) is 19.5 Å². The van der Waals surface area contributed by atoms with Gasteiger partial charge in [-0.25, -0.2) is 0 Å². The summed E-state index contributed by atoms with van der Waals surface area (Å²) in [6.07, 6.45) is 0.540. The zero-order chi connectivity index (χ0) is 13.4. The van der Waals surface area contributed by atoms with Crippen LogP contribution < -0.4 is 10.6 Å². The fourth-order valence-corrected chi connectivity index (χ4v) is 1.69. The molecular formula is C15H24N2O. The molecule has 0 bridgehead atoms. The molecule has 0 saturated carbocycles. The molecule has 1 rings (SSSR count). The van der Waals surface area contributed by atoms with Gasteiger partial charge in [-0.2, -0.15) is 0 Å². The second kappa shape index (κ2) is 7.88.